The summed E-state index contributed by atoms with van der Waals surface area (Å²) in [5.41, 5.74) is 7.10. The van der Waals surface area contributed by atoms with E-state index in [1.165, 1.54) is 6.20 Å². The molecule has 2 heterocycles. The average molecular weight is 610 g/mol. The van der Waals surface area contributed by atoms with E-state index in [0.29, 0.717) is 43.4 Å². The number of benzene rings is 3. The van der Waals surface area contributed by atoms with Crippen LogP contribution < -0.4 is 24.3 Å². The van der Waals surface area contributed by atoms with Crippen LogP contribution >= 0.6 is 0 Å². The van der Waals surface area contributed by atoms with Crippen LogP contribution in [0.4, 0.5) is 0 Å². The number of aryl methyl sites for hydroxylation is 1. The van der Waals surface area contributed by atoms with Crippen LogP contribution in [0.5, 0.6) is 23.0 Å². The summed E-state index contributed by atoms with van der Waals surface area (Å²) in [6.07, 6.45) is 1.77. The molecular formula is C35H35N3O7. The van der Waals surface area contributed by atoms with Crippen LogP contribution in [-0.2, 0) is 24.6 Å². The Balaban J connectivity index is 1.34. The first-order valence-corrected chi connectivity index (χ1v) is 14.6. The number of pyridine rings is 1. The van der Waals surface area contributed by atoms with Gasteiger partial charge in [0.1, 0.15) is 44.0 Å². The van der Waals surface area contributed by atoms with Gasteiger partial charge in [0.15, 0.2) is 11.5 Å². The highest BCUT2D eigenvalue weighted by Crippen LogP contribution is 2.36. The Kier molecular flexibility index (Phi) is 10.1. The lowest BCUT2D eigenvalue weighted by Crippen LogP contribution is -2.28. The number of aromatic nitrogens is 1. The molecule has 4 aromatic rings. The summed E-state index contributed by atoms with van der Waals surface area (Å²) in [6, 6.07) is 19.7. The van der Waals surface area contributed by atoms with Crippen molar-refractivity contribution in [2.75, 3.05) is 19.8 Å². The van der Waals surface area contributed by atoms with E-state index in [1.54, 1.807) is 12.3 Å². The number of aliphatic hydroxyl groups excluding tert-OH is 1. The van der Waals surface area contributed by atoms with Crippen LogP contribution in [0, 0.1) is 25.2 Å². The van der Waals surface area contributed by atoms with Crippen molar-refractivity contribution in [2.24, 2.45) is 0 Å². The van der Waals surface area contributed by atoms with Crippen molar-refractivity contribution < 1.29 is 34.0 Å². The Morgan fingerprint density at radius 2 is 1.80 bits per heavy atom. The molecule has 0 saturated heterocycles. The largest absolute Gasteiger partial charge is 0.488 e. The normalized spacial score (nSPS) is 12.7. The lowest BCUT2D eigenvalue weighted by Gasteiger charge is -2.20. The van der Waals surface area contributed by atoms with Gasteiger partial charge in [-0.1, -0.05) is 24.3 Å². The molecule has 10 heteroatoms. The number of hydrogen-bond acceptors (Lipinski definition) is 9. The van der Waals surface area contributed by atoms with Gasteiger partial charge in [-0.3, -0.25) is 9.78 Å². The lowest BCUT2D eigenvalue weighted by molar-refractivity contribution is -0.139. The van der Waals surface area contributed by atoms with Gasteiger partial charge < -0.3 is 34.5 Å². The predicted molar refractivity (Wildman–Crippen MR) is 166 cm³/mol. The monoisotopic (exact) mass is 609 g/mol. The number of carboxylic acids is 1. The zero-order valence-corrected chi connectivity index (χ0v) is 25.2. The molecule has 0 spiro atoms. The zero-order chi connectivity index (χ0) is 31.8. The molecule has 0 amide bonds. The number of hydrogen-bond donors (Lipinski definition) is 3. The lowest BCUT2D eigenvalue weighted by atomic mass is 9.96. The summed E-state index contributed by atoms with van der Waals surface area (Å²) in [5, 5.41) is 31.3. The number of nitrogens with zero attached hydrogens (tertiary/aromatic N) is 2. The summed E-state index contributed by atoms with van der Waals surface area (Å²) >= 11 is 0. The maximum absolute atomic E-state index is 10.9. The topological polar surface area (TPSA) is 143 Å². The maximum Gasteiger partial charge on any atom is 0.306 e. The van der Waals surface area contributed by atoms with Crippen LogP contribution in [0.1, 0.15) is 39.8 Å². The predicted octanol–water partition coefficient (Wildman–Crippen LogP) is 5.09. The molecule has 0 bridgehead atoms. The van der Waals surface area contributed by atoms with Gasteiger partial charge in [-0.2, -0.15) is 5.26 Å². The highest BCUT2D eigenvalue weighted by molar-refractivity contribution is 5.71. The molecule has 0 fully saturated rings. The smallest absolute Gasteiger partial charge is 0.306 e. The number of ether oxygens (including phenoxy) is 4. The molecule has 1 aromatic heterocycles. The quantitative estimate of drug-likeness (QED) is 0.188. The molecule has 0 aliphatic carbocycles. The molecule has 0 radical (unpaired) electrons. The Hall–Kier alpha value is -5.11. The molecule has 1 atom stereocenters. The minimum atomic E-state index is -1.06. The van der Waals surface area contributed by atoms with Crippen molar-refractivity contribution in [2.45, 2.75) is 46.1 Å². The van der Waals surface area contributed by atoms with Crippen LogP contribution in [0.3, 0.4) is 0 Å². The van der Waals surface area contributed by atoms with Crippen molar-refractivity contribution in [3.05, 3.63) is 100 Å². The number of rotatable bonds is 13. The number of nitrogens with one attached hydrogen (secondary N) is 1. The third-order valence-corrected chi connectivity index (χ3v) is 7.46. The summed E-state index contributed by atoms with van der Waals surface area (Å²) in [5.74, 6) is 1.63. The van der Waals surface area contributed by atoms with E-state index >= 15 is 0 Å². The van der Waals surface area contributed by atoms with E-state index in [0.717, 1.165) is 50.4 Å². The first-order chi connectivity index (χ1) is 21.8. The molecule has 232 valence electrons. The molecule has 3 aromatic carbocycles. The van der Waals surface area contributed by atoms with Crippen molar-refractivity contribution in [3.63, 3.8) is 0 Å². The van der Waals surface area contributed by atoms with E-state index in [9.17, 15) is 15.2 Å². The fourth-order valence-electron chi connectivity index (χ4n) is 5.11. The number of nitriles is 1. The van der Waals surface area contributed by atoms with E-state index in [2.05, 4.69) is 29.4 Å². The first kappa shape index (κ1) is 31.3. The Labute approximate surface area is 261 Å². The van der Waals surface area contributed by atoms with E-state index < -0.39 is 12.1 Å². The highest BCUT2D eigenvalue weighted by Gasteiger charge is 2.16. The summed E-state index contributed by atoms with van der Waals surface area (Å²) in [6.45, 7) is 6.04. The van der Waals surface area contributed by atoms with Gasteiger partial charge >= 0.3 is 5.97 Å². The second-order valence-corrected chi connectivity index (χ2v) is 10.8. The fourth-order valence-corrected chi connectivity index (χ4v) is 5.11. The third-order valence-electron chi connectivity index (χ3n) is 7.46. The Morgan fingerprint density at radius 1 is 1.00 bits per heavy atom. The van der Waals surface area contributed by atoms with Crippen molar-refractivity contribution >= 4 is 5.97 Å². The fraction of sp³-hybridized carbons (Fsp3) is 0.286. The Morgan fingerprint density at radius 3 is 2.60 bits per heavy atom. The van der Waals surface area contributed by atoms with Gasteiger partial charge in [-0.25, -0.2) is 0 Å². The standard InChI is InChI=1S/C35H35N3O7/c1-22-10-28(18-38-19-29(39)13-35(40)41)33(44-20-25-11-24(15-36)16-37-17-25)14-32(22)45-21-27-4-3-5-30(23(27)2)26-6-7-31-34(12-26)43-9-8-42-31/h3-7,10-12,14,16-17,29,38-39H,8-9,13,18-21H2,1-2H3,(H,40,41). The van der Waals surface area contributed by atoms with E-state index in [1.807, 2.05) is 49.4 Å². The third kappa shape index (κ3) is 8.09. The minimum absolute atomic E-state index is 0.107. The number of aliphatic carboxylic acids is 1. The summed E-state index contributed by atoms with van der Waals surface area (Å²) < 4.78 is 24.0. The summed E-state index contributed by atoms with van der Waals surface area (Å²) in [7, 11) is 0. The van der Waals surface area contributed by atoms with Gasteiger partial charge in [0.2, 0.25) is 0 Å². The van der Waals surface area contributed by atoms with Crippen LogP contribution in [0.2, 0.25) is 0 Å². The van der Waals surface area contributed by atoms with Gasteiger partial charge in [-0.15, -0.1) is 0 Å². The average Bonchev–Trinajstić information content (AvgIpc) is 3.04. The molecule has 1 aliphatic rings. The van der Waals surface area contributed by atoms with Crippen LogP contribution in [0.15, 0.2) is 67.0 Å². The minimum Gasteiger partial charge on any atom is -0.488 e. The second kappa shape index (κ2) is 14.6. The van der Waals surface area contributed by atoms with Crippen molar-refractivity contribution in [3.8, 4) is 40.2 Å². The molecule has 0 saturated carbocycles. The highest BCUT2D eigenvalue weighted by atomic mass is 16.6. The SMILES string of the molecule is Cc1cc(CNCC(O)CC(=O)O)c(OCc2cncc(C#N)c2)cc1OCc1cccc(-c2ccc3c(c2)OCCO3)c1C. The number of carbonyl (C=O) groups is 1. The second-order valence-electron chi connectivity index (χ2n) is 10.8. The summed E-state index contributed by atoms with van der Waals surface area (Å²) in [4.78, 5) is 15.0. The van der Waals surface area contributed by atoms with Crippen molar-refractivity contribution in [1.82, 2.24) is 10.3 Å². The maximum atomic E-state index is 10.9. The van der Waals surface area contributed by atoms with Gasteiger partial charge in [0.25, 0.3) is 0 Å². The molecule has 45 heavy (non-hydrogen) atoms. The molecule has 5 rings (SSSR count). The Bertz CT molecular complexity index is 1720. The van der Waals surface area contributed by atoms with E-state index in [-0.39, 0.29) is 19.6 Å². The van der Waals surface area contributed by atoms with Crippen molar-refractivity contribution in [1.29, 1.82) is 5.26 Å². The molecule has 10 nitrogen and oxygen atoms in total. The number of aliphatic hydroxyl groups is 1. The molecule has 1 aliphatic heterocycles. The van der Waals surface area contributed by atoms with E-state index in [4.69, 9.17) is 24.1 Å². The van der Waals surface area contributed by atoms with Gasteiger partial charge in [0, 0.05) is 42.7 Å². The molecule has 1 unspecified atom stereocenters. The molecule has 3 N–H and O–H groups in total. The first-order valence-electron chi connectivity index (χ1n) is 14.6. The zero-order valence-electron chi connectivity index (χ0n) is 25.2. The van der Waals surface area contributed by atoms with Gasteiger partial charge in [-0.05, 0) is 65.9 Å². The van der Waals surface area contributed by atoms with Crippen LogP contribution in [0.25, 0.3) is 11.1 Å². The van der Waals surface area contributed by atoms with Gasteiger partial charge in [0.05, 0.1) is 18.1 Å². The molecular weight excluding hydrogens is 574 g/mol. The van der Waals surface area contributed by atoms with Crippen LogP contribution in [-0.4, -0.2) is 47.0 Å². The number of carboxylic acid groups (broad SMARTS) is 1. The number of fused-ring (bicyclic) bond motifs is 1.